The quantitative estimate of drug-likeness (QED) is 0.903. The summed E-state index contributed by atoms with van der Waals surface area (Å²) in [4.78, 5) is 11.1. The van der Waals surface area contributed by atoms with E-state index in [1.807, 2.05) is 36.4 Å². The third-order valence-electron chi connectivity index (χ3n) is 3.29. The molecule has 0 saturated heterocycles. The molecule has 0 spiro atoms. The molecule has 3 nitrogen and oxygen atoms in total. The highest BCUT2D eigenvalue weighted by Crippen LogP contribution is 2.25. The maximum Gasteiger partial charge on any atom is 0.155 e. The van der Waals surface area contributed by atoms with E-state index in [4.69, 9.17) is 4.74 Å². The minimum atomic E-state index is -0.896. The van der Waals surface area contributed by atoms with E-state index >= 15 is 0 Å². The van der Waals surface area contributed by atoms with Gasteiger partial charge in [0.25, 0.3) is 0 Å². The molecule has 1 N–H and O–H groups in total. The smallest absolute Gasteiger partial charge is 0.155 e. The number of benzene rings is 1. The number of aliphatic hydroxyl groups is 1. The second-order valence-corrected chi connectivity index (χ2v) is 4.75. The van der Waals surface area contributed by atoms with E-state index in [-0.39, 0.29) is 5.78 Å². The molecule has 1 aliphatic rings. The van der Waals surface area contributed by atoms with Crippen molar-refractivity contribution in [2.75, 3.05) is 7.11 Å². The average Bonchev–Trinajstić information content (AvgIpc) is 2.43. The summed E-state index contributed by atoms with van der Waals surface area (Å²) >= 11 is 0. The van der Waals surface area contributed by atoms with Gasteiger partial charge in [-0.1, -0.05) is 30.4 Å². The first-order valence-corrected chi connectivity index (χ1v) is 6.37. The average molecular weight is 258 g/mol. The van der Waals surface area contributed by atoms with Gasteiger partial charge >= 0.3 is 0 Å². The molecular weight excluding hydrogens is 240 g/mol. The van der Waals surface area contributed by atoms with Gasteiger partial charge in [0.15, 0.2) is 5.78 Å². The largest absolute Gasteiger partial charge is 0.496 e. The Balaban J connectivity index is 2.04. The summed E-state index contributed by atoms with van der Waals surface area (Å²) in [6.07, 6.45) is 8.31. The van der Waals surface area contributed by atoms with Crippen LogP contribution in [-0.2, 0) is 4.79 Å². The van der Waals surface area contributed by atoms with Gasteiger partial charge in [-0.15, -0.1) is 0 Å². The topological polar surface area (TPSA) is 46.5 Å². The Morgan fingerprint density at radius 3 is 2.89 bits per heavy atom. The molecule has 0 aromatic heterocycles. The Morgan fingerprint density at radius 2 is 2.21 bits per heavy atom. The maximum atomic E-state index is 11.1. The van der Waals surface area contributed by atoms with Crippen LogP contribution in [0.2, 0.25) is 0 Å². The molecule has 0 heterocycles. The predicted molar refractivity (Wildman–Crippen MR) is 75.0 cm³/mol. The Morgan fingerprint density at radius 1 is 1.42 bits per heavy atom. The molecule has 0 fully saturated rings. The fourth-order valence-corrected chi connectivity index (χ4v) is 2.12. The normalized spacial score (nSPS) is 22.9. The van der Waals surface area contributed by atoms with Crippen molar-refractivity contribution in [2.24, 2.45) is 0 Å². The van der Waals surface area contributed by atoms with Crippen molar-refractivity contribution in [3.8, 4) is 5.75 Å². The Hall–Kier alpha value is -1.87. The van der Waals surface area contributed by atoms with Gasteiger partial charge in [0.05, 0.1) is 12.7 Å². The van der Waals surface area contributed by atoms with E-state index in [1.165, 1.54) is 6.08 Å². The molecule has 2 rings (SSSR count). The number of hydrogen-bond donors (Lipinski definition) is 1. The number of carbonyl (C=O) groups excluding carboxylic acids is 1. The van der Waals surface area contributed by atoms with Crippen LogP contribution >= 0.6 is 0 Å². The molecule has 19 heavy (non-hydrogen) atoms. The van der Waals surface area contributed by atoms with Gasteiger partial charge in [-0.3, -0.25) is 4.79 Å². The molecule has 0 amide bonds. The summed E-state index contributed by atoms with van der Waals surface area (Å²) in [5, 5.41) is 10.3. The number of allylic oxidation sites excluding steroid dienone is 1. The number of methoxy groups -OCH3 is 1. The van der Waals surface area contributed by atoms with E-state index < -0.39 is 5.60 Å². The zero-order valence-electron chi connectivity index (χ0n) is 11.0. The van der Waals surface area contributed by atoms with Crippen LogP contribution in [0.15, 0.2) is 42.5 Å². The zero-order valence-corrected chi connectivity index (χ0v) is 11.0. The van der Waals surface area contributed by atoms with Gasteiger partial charge in [-0.05, 0) is 31.1 Å². The maximum absolute atomic E-state index is 11.1. The van der Waals surface area contributed by atoms with Crippen molar-refractivity contribution in [1.82, 2.24) is 0 Å². The lowest BCUT2D eigenvalue weighted by atomic mass is 9.87. The van der Waals surface area contributed by atoms with Crippen LogP contribution in [0.3, 0.4) is 0 Å². The summed E-state index contributed by atoms with van der Waals surface area (Å²) in [5.74, 6) is 0.887. The van der Waals surface area contributed by atoms with Crippen LogP contribution in [0.4, 0.5) is 0 Å². The zero-order chi connectivity index (χ0) is 13.7. The molecule has 0 radical (unpaired) electrons. The molecule has 0 saturated carbocycles. The summed E-state index contributed by atoms with van der Waals surface area (Å²) in [6, 6.07) is 7.71. The molecule has 1 aliphatic carbocycles. The van der Waals surface area contributed by atoms with Crippen molar-refractivity contribution < 1.29 is 14.6 Å². The fourth-order valence-electron chi connectivity index (χ4n) is 2.12. The first-order chi connectivity index (χ1) is 9.13. The van der Waals surface area contributed by atoms with Crippen LogP contribution < -0.4 is 4.74 Å². The van der Waals surface area contributed by atoms with E-state index in [2.05, 4.69) is 0 Å². The van der Waals surface area contributed by atoms with E-state index in [0.29, 0.717) is 19.3 Å². The van der Waals surface area contributed by atoms with Gasteiger partial charge < -0.3 is 9.84 Å². The van der Waals surface area contributed by atoms with Gasteiger partial charge in [0.2, 0.25) is 0 Å². The first-order valence-electron chi connectivity index (χ1n) is 6.37. The van der Waals surface area contributed by atoms with Crippen LogP contribution in [0.1, 0.15) is 24.8 Å². The Bertz CT molecular complexity index is 516. The number of ether oxygens (including phenoxy) is 1. The lowest BCUT2D eigenvalue weighted by Crippen LogP contribution is -2.29. The van der Waals surface area contributed by atoms with Gasteiger partial charge in [-0.2, -0.15) is 0 Å². The first kappa shape index (κ1) is 13.6. The number of para-hydroxylation sites is 1. The lowest BCUT2D eigenvalue weighted by molar-refractivity contribution is -0.116. The SMILES string of the molecule is COc1ccccc1/C=C/C[C@@]1(O)C=CC(=O)CC1. The second-order valence-electron chi connectivity index (χ2n) is 4.75. The number of rotatable bonds is 4. The third-order valence-corrected chi connectivity index (χ3v) is 3.29. The molecule has 1 atom stereocenters. The minimum Gasteiger partial charge on any atom is -0.496 e. The molecule has 0 unspecified atom stereocenters. The standard InChI is InChI=1S/C16H18O3/c1-19-15-7-3-2-5-13(15)6-4-10-16(18)11-8-14(17)9-12-16/h2-8,11,18H,9-10,12H2,1H3/b6-4+/t16-/m1/s1. The molecule has 100 valence electrons. The molecule has 1 aromatic rings. The Kier molecular flexibility index (Phi) is 4.17. The summed E-state index contributed by atoms with van der Waals surface area (Å²) in [5.41, 5.74) is 0.0800. The van der Waals surface area contributed by atoms with E-state index in [1.54, 1.807) is 13.2 Å². The van der Waals surface area contributed by atoms with Crippen LogP contribution in [0.25, 0.3) is 6.08 Å². The highest BCUT2D eigenvalue weighted by molar-refractivity contribution is 5.90. The number of carbonyl (C=O) groups is 1. The molecule has 3 heteroatoms. The fraction of sp³-hybridized carbons (Fsp3) is 0.312. The van der Waals surface area contributed by atoms with Gasteiger partial charge in [0, 0.05) is 12.0 Å². The summed E-state index contributed by atoms with van der Waals surface area (Å²) < 4.78 is 5.25. The van der Waals surface area contributed by atoms with Crippen LogP contribution in [-0.4, -0.2) is 23.6 Å². The second kappa shape index (κ2) is 5.85. The monoisotopic (exact) mass is 258 g/mol. The van der Waals surface area contributed by atoms with E-state index in [0.717, 1.165) is 11.3 Å². The summed E-state index contributed by atoms with van der Waals surface area (Å²) in [6.45, 7) is 0. The molecular formula is C16H18O3. The van der Waals surface area contributed by atoms with Crippen molar-refractivity contribution >= 4 is 11.9 Å². The minimum absolute atomic E-state index is 0.0818. The highest BCUT2D eigenvalue weighted by atomic mass is 16.5. The lowest BCUT2D eigenvalue weighted by Gasteiger charge is -2.25. The van der Waals surface area contributed by atoms with Crippen molar-refractivity contribution in [2.45, 2.75) is 24.9 Å². The molecule has 0 bridgehead atoms. The van der Waals surface area contributed by atoms with Crippen molar-refractivity contribution in [3.05, 3.63) is 48.1 Å². The molecule has 1 aromatic carbocycles. The van der Waals surface area contributed by atoms with Crippen LogP contribution in [0, 0.1) is 0 Å². The summed E-state index contributed by atoms with van der Waals surface area (Å²) in [7, 11) is 1.63. The van der Waals surface area contributed by atoms with E-state index in [9.17, 15) is 9.90 Å². The van der Waals surface area contributed by atoms with Crippen molar-refractivity contribution in [3.63, 3.8) is 0 Å². The Labute approximate surface area is 113 Å². The highest BCUT2D eigenvalue weighted by Gasteiger charge is 2.26. The van der Waals surface area contributed by atoms with Gasteiger partial charge in [0.1, 0.15) is 5.75 Å². The molecule has 0 aliphatic heterocycles. The van der Waals surface area contributed by atoms with Crippen LogP contribution in [0.5, 0.6) is 5.75 Å². The van der Waals surface area contributed by atoms with Crippen molar-refractivity contribution in [1.29, 1.82) is 0 Å². The predicted octanol–water partition coefficient (Wildman–Crippen LogP) is 2.75. The van der Waals surface area contributed by atoms with Gasteiger partial charge in [-0.25, -0.2) is 0 Å². The number of ketones is 1. The number of hydrogen-bond acceptors (Lipinski definition) is 3. The third kappa shape index (κ3) is 3.55.